The summed E-state index contributed by atoms with van der Waals surface area (Å²) in [5, 5.41) is 13.2. The van der Waals surface area contributed by atoms with Gasteiger partial charge in [0.2, 0.25) is 5.82 Å². The number of rotatable bonds is 4. The van der Waals surface area contributed by atoms with Gasteiger partial charge in [0.25, 0.3) is 0 Å². The fourth-order valence-electron chi connectivity index (χ4n) is 1.49. The third-order valence-electron chi connectivity index (χ3n) is 2.40. The summed E-state index contributed by atoms with van der Waals surface area (Å²) < 4.78 is 26.6. The molecule has 20 heavy (non-hydrogen) atoms. The second kappa shape index (κ2) is 5.45. The summed E-state index contributed by atoms with van der Waals surface area (Å²) >= 11 is 0. The molecular formula is C11H9F2N5O2. The van der Waals surface area contributed by atoms with Crippen molar-refractivity contribution in [1.82, 2.24) is 4.98 Å². The topological polar surface area (TPSA) is 106 Å². The summed E-state index contributed by atoms with van der Waals surface area (Å²) in [6.07, 6.45) is 0. The first kappa shape index (κ1) is 13.6. The van der Waals surface area contributed by atoms with E-state index in [0.29, 0.717) is 0 Å². The van der Waals surface area contributed by atoms with Gasteiger partial charge in [-0.15, -0.1) is 0 Å². The number of hydrazine groups is 1. The van der Waals surface area contributed by atoms with Crippen LogP contribution in [0, 0.1) is 21.7 Å². The number of nitrogens with zero attached hydrogens (tertiary/aromatic N) is 2. The predicted octanol–water partition coefficient (Wildman–Crippen LogP) is 2.30. The summed E-state index contributed by atoms with van der Waals surface area (Å²) in [7, 11) is 0. The van der Waals surface area contributed by atoms with Crippen molar-refractivity contribution >= 4 is 23.0 Å². The number of anilines is 3. The van der Waals surface area contributed by atoms with E-state index in [4.69, 9.17) is 5.84 Å². The lowest BCUT2D eigenvalue weighted by Crippen LogP contribution is -2.10. The molecule has 0 unspecified atom stereocenters. The lowest BCUT2D eigenvalue weighted by atomic mass is 10.3. The maximum Gasteiger partial charge on any atom is 0.311 e. The molecule has 9 heteroatoms. The van der Waals surface area contributed by atoms with Crippen molar-refractivity contribution in [2.24, 2.45) is 5.84 Å². The summed E-state index contributed by atoms with van der Waals surface area (Å²) in [5.41, 5.74) is 1.54. The fourth-order valence-corrected chi connectivity index (χ4v) is 1.49. The quantitative estimate of drug-likeness (QED) is 0.451. The summed E-state index contributed by atoms with van der Waals surface area (Å²) in [4.78, 5) is 14.0. The van der Waals surface area contributed by atoms with E-state index in [1.807, 2.05) is 0 Å². The van der Waals surface area contributed by atoms with Gasteiger partial charge in [0.15, 0.2) is 0 Å². The summed E-state index contributed by atoms with van der Waals surface area (Å²) in [5.74, 6) is 3.57. The number of nitrogens with one attached hydrogen (secondary N) is 2. The first-order valence-corrected chi connectivity index (χ1v) is 5.35. The standard InChI is InChI=1S/C11H9F2N5O2/c12-6-1-2-7(13)8(5-6)15-11-9(18(19)20)3-4-10(16-11)17-14/h1-5H,14H2,(H2,15,16,17). The molecule has 7 nitrogen and oxygen atoms in total. The Morgan fingerprint density at radius 3 is 2.65 bits per heavy atom. The van der Waals surface area contributed by atoms with Crippen LogP contribution in [0.4, 0.5) is 31.8 Å². The molecule has 0 saturated heterocycles. The van der Waals surface area contributed by atoms with Crippen LogP contribution in [0.25, 0.3) is 0 Å². The van der Waals surface area contributed by atoms with E-state index < -0.39 is 22.2 Å². The number of benzene rings is 1. The van der Waals surface area contributed by atoms with Gasteiger partial charge in [0.05, 0.1) is 10.6 Å². The number of aromatic nitrogens is 1. The Morgan fingerprint density at radius 1 is 1.25 bits per heavy atom. The minimum absolute atomic E-state index is 0.134. The Bertz CT molecular complexity index is 665. The molecule has 0 fully saturated rings. The van der Waals surface area contributed by atoms with Crippen molar-refractivity contribution in [3.05, 3.63) is 52.1 Å². The summed E-state index contributed by atoms with van der Waals surface area (Å²) in [6.45, 7) is 0. The minimum atomic E-state index is -0.770. The Morgan fingerprint density at radius 2 is 2.00 bits per heavy atom. The van der Waals surface area contributed by atoms with Gasteiger partial charge in [-0.2, -0.15) is 0 Å². The van der Waals surface area contributed by atoms with Gasteiger partial charge in [0, 0.05) is 12.1 Å². The van der Waals surface area contributed by atoms with E-state index in [1.165, 1.54) is 6.07 Å². The predicted molar refractivity (Wildman–Crippen MR) is 68.3 cm³/mol. The number of nitro groups is 1. The molecule has 0 atom stereocenters. The Balaban J connectivity index is 2.45. The van der Waals surface area contributed by atoms with Gasteiger partial charge >= 0.3 is 5.69 Å². The van der Waals surface area contributed by atoms with Crippen LogP contribution in [0.5, 0.6) is 0 Å². The average Bonchev–Trinajstić information content (AvgIpc) is 2.42. The van der Waals surface area contributed by atoms with E-state index in [2.05, 4.69) is 15.7 Å². The van der Waals surface area contributed by atoms with Crippen LogP contribution < -0.4 is 16.6 Å². The van der Waals surface area contributed by atoms with Gasteiger partial charge in [-0.05, 0) is 18.2 Å². The molecule has 0 amide bonds. The lowest BCUT2D eigenvalue weighted by molar-refractivity contribution is -0.384. The molecule has 0 aliphatic rings. The zero-order valence-electron chi connectivity index (χ0n) is 9.93. The van der Waals surface area contributed by atoms with Crippen molar-refractivity contribution in [1.29, 1.82) is 0 Å². The number of nitrogen functional groups attached to an aromatic ring is 1. The number of nitrogens with two attached hydrogens (primary N) is 1. The van der Waals surface area contributed by atoms with Crippen LogP contribution in [0.3, 0.4) is 0 Å². The van der Waals surface area contributed by atoms with Crippen molar-refractivity contribution in [2.45, 2.75) is 0 Å². The van der Waals surface area contributed by atoms with Crippen molar-refractivity contribution in [3.63, 3.8) is 0 Å². The average molecular weight is 281 g/mol. The molecule has 1 aromatic carbocycles. The second-order valence-electron chi connectivity index (χ2n) is 3.71. The first-order chi connectivity index (χ1) is 9.51. The molecule has 4 N–H and O–H groups in total. The van der Waals surface area contributed by atoms with E-state index in [9.17, 15) is 18.9 Å². The maximum absolute atomic E-state index is 13.5. The van der Waals surface area contributed by atoms with Gasteiger partial charge < -0.3 is 10.7 Å². The third-order valence-corrected chi connectivity index (χ3v) is 2.40. The van der Waals surface area contributed by atoms with E-state index >= 15 is 0 Å². The highest BCUT2D eigenvalue weighted by molar-refractivity contribution is 5.67. The van der Waals surface area contributed by atoms with Crippen molar-refractivity contribution < 1.29 is 13.7 Å². The van der Waals surface area contributed by atoms with Crippen molar-refractivity contribution in [3.8, 4) is 0 Å². The fraction of sp³-hybridized carbons (Fsp3) is 0. The number of hydrogen-bond donors (Lipinski definition) is 3. The largest absolute Gasteiger partial charge is 0.332 e. The normalized spacial score (nSPS) is 10.2. The highest BCUT2D eigenvalue weighted by Gasteiger charge is 2.17. The molecule has 0 spiro atoms. The molecule has 1 aromatic heterocycles. The van der Waals surface area contributed by atoms with Gasteiger partial charge in [-0.3, -0.25) is 10.1 Å². The molecule has 2 rings (SSSR count). The molecular weight excluding hydrogens is 272 g/mol. The van der Waals surface area contributed by atoms with Gasteiger partial charge in [-0.25, -0.2) is 19.6 Å². The third kappa shape index (κ3) is 2.78. The zero-order valence-corrected chi connectivity index (χ0v) is 9.93. The number of pyridine rings is 1. The zero-order chi connectivity index (χ0) is 14.7. The van der Waals surface area contributed by atoms with Crippen LogP contribution in [-0.2, 0) is 0 Å². The van der Waals surface area contributed by atoms with Crippen LogP contribution in [0.2, 0.25) is 0 Å². The minimum Gasteiger partial charge on any atom is -0.332 e. The van der Waals surface area contributed by atoms with Crippen LogP contribution in [-0.4, -0.2) is 9.91 Å². The molecule has 0 radical (unpaired) electrons. The lowest BCUT2D eigenvalue weighted by Gasteiger charge is -2.08. The van der Waals surface area contributed by atoms with Crippen LogP contribution >= 0.6 is 0 Å². The highest BCUT2D eigenvalue weighted by Crippen LogP contribution is 2.28. The van der Waals surface area contributed by atoms with E-state index in [-0.39, 0.29) is 17.3 Å². The van der Waals surface area contributed by atoms with Gasteiger partial charge in [-0.1, -0.05) is 0 Å². The Labute approximate surface area is 111 Å². The Hall–Kier alpha value is -2.81. The molecule has 0 aliphatic heterocycles. The maximum atomic E-state index is 13.5. The van der Waals surface area contributed by atoms with Crippen molar-refractivity contribution in [2.75, 3.05) is 10.7 Å². The molecule has 0 bridgehead atoms. The monoisotopic (exact) mass is 281 g/mol. The first-order valence-electron chi connectivity index (χ1n) is 5.35. The smallest absolute Gasteiger partial charge is 0.311 e. The summed E-state index contributed by atoms with van der Waals surface area (Å²) in [6, 6.07) is 5.12. The molecule has 1 heterocycles. The highest BCUT2D eigenvalue weighted by atomic mass is 19.1. The SMILES string of the molecule is NNc1ccc([N+](=O)[O-])c(Nc2cc(F)ccc2F)n1. The van der Waals surface area contributed by atoms with Gasteiger partial charge in [0.1, 0.15) is 17.5 Å². The number of hydrogen-bond acceptors (Lipinski definition) is 6. The second-order valence-corrected chi connectivity index (χ2v) is 3.71. The molecule has 2 aromatic rings. The van der Waals surface area contributed by atoms with Crippen LogP contribution in [0.1, 0.15) is 0 Å². The number of halogens is 2. The molecule has 104 valence electrons. The molecule has 0 aliphatic carbocycles. The van der Waals surface area contributed by atoms with E-state index in [0.717, 1.165) is 24.3 Å². The Kier molecular flexibility index (Phi) is 3.71. The van der Waals surface area contributed by atoms with E-state index in [1.54, 1.807) is 0 Å². The van der Waals surface area contributed by atoms with Crippen LogP contribution in [0.15, 0.2) is 30.3 Å². The molecule has 0 saturated carbocycles.